The molecule has 2 rings (SSSR count). The molecule has 0 aliphatic rings. The molecule has 5 nitrogen and oxygen atoms in total. The average molecular weight is 285 g/mol. The van der Waals surface area contributed by atoms with Crippen LogP contribution in [0.25, 0.3) is 10.9 Å². The number of ether oxygens (including phenoxy) is 1. The van der Waals surface area contributed by atoms with Crippen molar-refractivity contribution in [1.82, 2.24) is 4.98 Å². The van der Waals surface area contributed by atoms with Crippen LogP contribution in [-0.4, -0.2) is 28.8 Å². The molecular formula is C12H10F3N3O2. The number of benzene rings is 1. The van der Waals surface area contributed by atoms with Gasteiger partial charge in [0.2, 0.25) is 5.88 Å². The van der Waals surface area contributed by atoms with Gasteiger partial charge in [0.05, 0.1) is 11.1 Å². The number of alkyl halides is 3. The lowest BCUT2D eigenvalue weighted by molar-refractivity contribution is -0.154. The van der Waals surface area contributed by atoms with E-state index in [2.05, 4.69) is 14.9 Å². The number of amidine groups is 1. The molecule has 0 aliphatic carbocycles. The molecule has 1 heterocycles. The molecule has 0 saturated carbocycles. The van der Waals surface area contributed by atoms with E-state index in [1.165, 1.54) is 6.07 Å². The van der Waals surface area contributed by atoms with Gasteiger partial charge in [0.1, 0.15) is 0 Å². The van der Waals surface area contributed by atoms with Crippen LogP contribution in [0, 0.1) is 0 Å². The minimum atomic E-state index is -4.50. The second-order valence-electron chi connectivity index (χ2n) is 3.92. The largest absolute Gasteiger partial charge is 0.467 e. The maximum atomic E-state index is 12.2. The van der Waals surface area contributed by atoms with E-state index < -0.39 is 12.8 Å². The minimum Gasteiger partial charge on any atom is -0.467 e. The molecule has 0 unspecified atom stereocenters. The molecule has 0 amide bonds. The summed E-state index contributed by atoms with van der Waals surface area (Å²) in [5.74, 6) is -0.711. The molecule has 1 aromatic carbocycles. The van der Waals surface area contributed by atoms with Crippen molar-refractivity contribution >= 4 is 16.7 Å². The highest BCUT2D eigenvalue weighted by molar-refractivity contribution is 6.02. The van der Waals surface area contributed by atoms with Crippen LogP contribution in [0.1, 0.15) is 5.56 Å². The number of rotatable bonds is 3. The van der Waals surface area contributed by atoms with Crippen LogP contribution in [0.2, 0.25) is 0 Å². The molecule has 0 fully saturated rings. The van der Waals surface area contributed by atoms with Crippen molar-refractivity contribution in [3.05, 3.63) is 35.9 Å². The first kappa shape index (κ1) is 13.9. The van der Waals surface area contributed by atoms with Crippen LogP contribution in [0.15, 0.2) is 35.5 Å². The molecule has 0 aliphatic heterocycles. The topological polar surface area (TPSA) is 80.7 Å². The van der Waals surface area contributed by atoms with Gasteiger partial charge in [-0.2, -0.15) is 13.2 Å². The van der Waals surface area contributed by atoms with E-state index in [0.717, 1.165) is 0 Å². The van der Waals surface area contributed by atoms with Crippen molar-refractivity contribution in [3.8, 4) is 5.88 Å². The van der Waals surface area contributed by atoms with Gasteiger partial charge >= 0.3 is 6.18 Å². The van der Waals surface area contributed by atoms with Crippen LogP contribution in [-0.2, 0) is 0 Å². The summed E-state index contributed by atoms with van der Waals surface area (Å²) in [5, 5.41) is 12.1. The van der Waals surface area contributed by atoms with Gasteiger partial charge in [0, 0.05) is 5.39 Å². The van der Waals surface area contributed by atoms with Gasteiger partial charge in [0.15, 0.2) is 12.4 Å². The Balaban J connectivity index is 2.49. The molecule has 8 heteroatoms. The van der Waals surface area contributed by atoms with Gasteiger partial charge in [-0.25, -0.2) is 4.98 Å². The fourth-order valence-corrected chi connectivity index (χ4v) is 1.60. The third-order valence-electron chi connectivity index (χ3n) is 2.45. The molecule has 0 saturated heterocycles. The highest BCUT2D eigenvalue weighted by atomic mass is 19.4. The summed E-state index contributed by atoms with van der Waals surface area (Å²) in [6, 6.07) is 8.18. The van der Waals surface area contributed by atoms with E-state index in [0.29, 0.717) is 10.9 Å². The number of para-hydroxylation sites is 1. The fraction of sp³-hybridized carbons (Fsp3) is 0.167. The maximum absolute atomic E-state index is 12.2. The van der Waals surface area contributed by atoms with Crippen LogP contribution < -0.4 is 10.5 Å². The third-order valence-corrected chi connectivity index (χ3v) is 2.45. The Hall–Kier alpha value is -2.51. The molecular weight excluding hydrogens is 275 g/mol. The summed E-state index contributed by atoms with van der Waals surface area (Å²) in [5.41, 5.74) is 5.86. The van der Waals surface area contributed by atoms with E-state index in [1.54, 1.807) is 24.3 Å². The molecule has 2 aromatic rings. The van der Waals surface area contributed by atoms with Crippen molar-refractivity contribution in [2.45, 2.75) is 6.18 Å². The minimum absolute atomic E-state index is 0.00421. The van der Waals surface area contributed by atoms with Gasteiger partial charge in [-0.3, -0.25) is 0 Å². The molecule has 20 heavy (non-hydrogen) atoms. The zero-order chi connectivity index (χ0) is 14.8. The lowest BCUT2D eigenvalue weighted by Gasteiger charge is -2.12. The van der Waals surface area contributed by atoms with Gasteiger partial charge in [0.25, 0.3) is 0 Å². The average Bonchev–Trinajstić information content (AvgIpc) is 2.42. The van der Waals surface area contributed by atoms with Gasteiger partial charge in [-0.05, 0) is 12.1 Å². The number of nitrogens with zero attached hydrogens (tertiary/aromatic N) is 2. The Bertz CT molecular complexity index is 656. The van der Waals surface area contributed by atoms with Crippen molar-refractivity contribution in [3.63, 3.8) is 0 Å². The number of oxime groups is 1. The van der Waals surface area contributed by atoms with Crippen LogP contribution in [0.3, 0.4) is 0 Å². The summed E-state index contributed by atoms with van der Waals surface area (Å²) in [6.45, 7) is -1.51. The highest BCUT2D eigenvalue weighted by Crippen LogP contribution is 2.24. The SMILES string of the molecule is NC(=NO)c1cc2ccccc2nc1OCC(F)(F)F. The quantitative estimate of drug-likeness (QED) is 0.392. The van der Waals surface area contributed by atoms with Crippen molar-refractivity contribution in [1.29, 1.82) is 0 Å². The second-order valence-corrected chi connectivity index (χ2v) is 3.92. The molecule has 0 spiro atoms. The standard InChI is InChI=1S/C12H10F3N3O2/c13-12(14,15)6-20-11-8(10(16)18-19)5-7-3-1-2-4-9(7)17-11/h1-5,19H,6H2,(H2,16,18). The number of halogens is 3. The zero-order valence-corrected chi connectivity index (χ0v) is 10.1. The molecule has 0 radical (unpaired) electrons. The van der Waals surface area contributed by atoms with Crippen LogP contribution >= 0.6 is 0 Å². The number of nitrogens with two attached hydrogens (primary N) is 1. The summed E-state index contributed by atoms with van der Waals surface area (Å²) in [7, 11) is 0. The molecule has 1 aromatic heterocycles. The van der Waals surface area contributed by atoms with Crippen molar-refractivity contribution in [2.24, 2.45) is 10.9 Å². The summed E-state index contributed by atoms with van der Waals surface area (Å²) in [6.07, 6.45) is -4.50. The predicted octanol–water partition coefficient (Wildman–Crippen LogP) is 2.27. The number of fused-ring (bicyclic) bond motifs is 1. The first-order chi connectivity index (χ1) is 9.40. The molecule has 106 valence electrons. The van der Waals surface area contributed by atoms with E-state index in [-0.39, 0.29) is 17.3 Å². The highest BCUT2D eigenvalue weighted by Gasteiger charge is 2.29. The summed E-state index contributed by atoms with van der Waals surface area (Å²) < 4.78 is 41.2. The zero-order valence-electron chi connectivity index (χ0n) is 10.1. The Labute approximate surface area is 111 Å². The first-order valence-electron chi connectivity index (χ1n) is 5.48. The van der Waals surface area contributed by atoms with E-state index >= 15 is 0 Å². The van der Waals surface area contributed by atoms with Gasteiger partial charge < -0.3 is 15.7 Å². The lowest BCUT2D eigenvalue weighted by atomic mass is 10.1. The van der Waals surface area contributed by atoms with E-state index in [1.807, 2.05) is 0 Å². The molecule has 0 bridgehead atoms. The maximum Gasteiger partial charge on any atom is 0.422 e. The smallest absolute Gasteiger partial charge is 0.422 e. The lowest BCUT2D eigenvalue weighted by Crippen LogP contribution is -2.22. The Morgan fingerprint density at radius 2 is 2.05 bits per heavy atom. The normalized spacial score (nSPS) is 12.7. The molecule has 3 N–H and O–H groups in total. The predicted molar refractivity (Wildman–Crippen MR) is 65.8 cm³/mol. The fourth-order valence-electron chi connectivity index (χ4n) is 1.60. The van der Waals surface area contributed by atoms with Crippen molar-refractivity contribution in [2.75, 3.05) is 6.61 Å². The van der Waals surface area contributed by atoms with E-state index in [9.17, 15) is 13.2 Å². The van der Waals surface area contributed by atoms with E-state index in [4.69, 9.17) is 10.9 Å². The van der Waals surface area contributed by atoms with Gasteiger partial charge in [-0.15, -0.1) is 0 Å². The second kappa shape index (κ2) is 5.24. The molecule has 0 atom stereocenters. The van der Waals surface area contributed by atoms with Crippen LogP contribution in [0.4, 0.5) is 13.2 Å². The number of hydrogen-bond acceptors (Lipinski definition) is 4. The Kier molecular flexibility index (Phi) is 3.64. The number of pyridine rings is 1. The van der Waals surface area contributed by atoms with Gasteiger partial charge in [-0.1, -0.05) is 23.4 Å². The van der Waals surface area contributed by atoms with Crippen molar-refractivity contribution < 1.29 is 23.1 Å². The number of aromatic nitrogens is 1. The summed E-state index contributed by atoms with van der Waals surface area (Å²) in [4.78, 5) is 3.95. The Morgan fingerprint density at radius 3 is 2.70 bits per heavy atom. The first-order valence-corrected chi connectivity index (χ1v) is 5.48. The monoisotopic (exact) mass is 285 g/mol. The van der Waals surface area contributed by atoms with Crippen LogP contribution in [0.5, 0.6) is 5.88 Å². The third kappa shape index (κ3) is 3.08. The number of hydrogen-bond donors (Lipinski definition) is 2. The Morgan fingerprint density at radius 1 is 1.35 bits per heavy atom. The summed E-state index contributed by atoms with van der Waals surface area (Å²) >= 11 is 0.